The van der Waals surface area contributed by atoms with E-state index < -0.39 is 124 Å². The van der Waals surface area contributed by atoms with Crippen molar-refractivity contribution in [3.8, 4) is 0 Å². The molecule has 17 atom stereocenters. The maximum Gasteiger partial charge on any atom is 0.220 e. The standard InChI is InChI=1S/C77H145NO18/c1-3-5-7-9-11-13-15-17-19-21-23-24-25-26-27-28-29-30-31-32-33-34-35-36-37-39-41-43-45-47-49-51-53-55-65(83)78-60(61(82)54-52-50-48-46-44-42-40-38-22-20-18-16-14-12-10-8-6-4-2)59-91-75-71(89)68(86)73(63(57-80)93-75)96-77-72(90)69(87)74(64(58-81)94-77)95-76-70(88)67(85)66(84)62(56-79)92-76/h44,46,52,54,60-64,66-77,79-82,84-90H,3-43,45,47-51,53,55-59H2,1-2H3,(H,78,83)/b46-44+,54-52+. The maximum atomic E-state index is 13.4. The zero-order valence-electron chi connectivity index (χ0n) is 60.4. The molecule has 0 aromatic carbocycles. The fourth-order valence-corrected chi connectivity index (χ4v) is 13.6. The molecule has 96 heavy (non-hydrogen) atoms. The van der Waals surface area contributed by atoms with Crippen LogP contribution in [0.1, 0.15) is 328 Å². The van der Waals surface area contributed by atoms with Gasteiger partial charge >= 0.3 is 0 Å². The average Bonchev–Trinajstić information content (AvgIpc) is 0.786. The average molecular weight is 1370 g/mol. The molecule has 0 spiro atoms. The molecule has 0 aliphatic carbocycles. The van der Waals surface area contributed by atoms with E-state index in [2.05, 4.69) is 31.3 Å². The molecule has 3 aliphatic heterocycles. The van der Waals surface area contributed by atoms with Crippen molar-refractivity contribution in [2.75, 3.05) is 26.4 Å². The van der Waals surface area contributed by atoms with Crippen LogP contribution in [0.2, 0.25) is 0 Å². The molecule has 0 saturated carbocycles. The monoisotopic (exact) mass is 1370 g/mol. The minimum Gasteiger partial charge on any atom is -0.394 e. The van der Waals surface area contributed by atoms with E-state index in [9.17, 15) is 61.0 Å². The Hall–Kier alpha value is -1.73. The lowest BCUT2D eigenvalue weighted by molar-refractivity contribution is -0.379. The molecule has 3 saturated heterocycles. The van der Waals surface area contributed by atoms with Crippen LogP contribution in [-0.4, -0.2) is 193 Å². The molecule has 1 amide bonds. The van der Waals surface area contributed by atoms with E-state index in [0.717, 1.165) is 38.5 Å². The van der Waals surface area contributed by atoms with Gasteiger partial charge in [-0.25, -0.2) is 0 Å². The summed E-state index contributed by atoms with van der Waals surface area (Å²) in [6.45, 7) is 1.76. The number of hydrogen-bond acceptors (Lipinski definition) is 18. The zero-order valence-corrected chi connectivity index (χ0v) is 60.4. The Balaban J connectivity index is 1.35. The highest BCUT2D eigenvalue weighted by Crippen LogP contribution is 2.33. The van der Waals surface area contributed by atoms with Gasteiger partial charge in [0.25, 0.3) is 0 Å². The van der Waals surface area contributed by atoms with Crippen LogP contribution in [0.3, 0.4) is 0 Å². The third-order valence-electron chi connectivity index (χ3n) is 20.0. The van der Waals surface area contributed by atoms with Crippen molar-refractivity contribution < 1.29 is 89.4 Å². The van der Waals surface area contributed by atoms with Gasteiger partial charge in [0.15, 0.2) is 18.9 Å². The second-order valence-electron chi connectivity index (χ2n) is 28.5. The first kappa shape index (κ1) is 88.5. The van der Waals surface area contributed by atoms with E-state index in [1.165, 1.54) is 257 Å². The van der Waals surface area contributed by atoms with Crippen LogP contribution in [0, 0.1) is 0 Å². The largest absolute Gasteiger partial charge is 0.394 e. The number of ether oxygens (including phenoxy) is 6. The lowest BCUT2D eigenvalue weighted by atomic mass is 9.96. The van der Waals surface area contributed by atoms with Gasteiger partial charge in [0, 0.05) is 6.42 Å². The molecule has 17 unspecified atom stereocenters. The first-order chi connectivity index (χ1) is 46.8. The number of unbranched alkanes of at least 4 members (excludes halogenated alkanes) is 45. The summed E-state index contributed by atoms with van der Waals surface area (Å²) in [7, 11) is 0. The first-order valence-corrected chi connectivity index (χ1v) is 39.6. The van der Waals surface area contributed by atoms with E-state index in [1.54, 1.807) is 6.08 Å². The predicted molar refractivity (Wildman–Crippen MR) is 379 cm³/mol. The Bertz CT molecular complexity index is 1830. The van der Waals surface area contributed by atoms with E-state index in [0.29, 0.717) is 12.8 Å². The van der Waals surface area contributed by atoms with Gasteiger partial charge in [-0.2, -0.15) is 0 Å². The van der Waals surface area contributed by atoms with Crippen molar-refractivity contribution in [1.29, 1.82) is 0 Å². The quantitative estimate of drug-likeness (QED) is 0.0199. The molecule has 3 aliphatic rings. The Morgan fingerprint density at radius 3 is 1.04 bits per heavy atom. The van der Waals surface area contributed by atoms with Crippen molar-refractivity contribution in [1.82, 2.24) is 5.32 Å². The number of aliphatic hydroxyl groups excluding tert-OH is 11. The minimum absolute atomic E-state index is 0.241. The summed E-state index contributed by atoms with van der Waals surface area (Å²) in [5, 5.41) is 121. The highest BCUT2D eigenvalue weighted by molar-refractivity contribution is 5.76. The fourth-order valence-electron chi connectivity index (χ4n) is 13.6. The molecule has 0 aromatic heterocycles. The number of allylic oxidation sites excluding steroid dienone is 3. The second-order valence-corrected chi connectivity index (χ2v) is 28.5. The third kappa shape index (κ3) is 39.1. The van der Waals surface area contributed by atoms with Crippen LogP contribution in [0.4, 0.5) is 0 Å². The summed E-state index contributed by atoms with van der Waals surface area (Å²) in [6, 6.07) is -0.987. The fraction of sp³-hybridized carbons (Fsp3) is 0.935. The summed E-state index contributed by atoms with van der Waals surface area (Å²) in [5.74, 6) is -0.278. The lowest BCUT2D eigenvalue weighted by Crippen LogP contribution is -2.66. The number of carbonyl (C=O) groups excluding carboxylic acids is 1. The molecule has 19 nitrogen and oxygen atoms in total. The molecular weight excluding hydrogens is 1230 g/mol. The van der Waals surface area contributed by atoms with Crippen molar-refractivity contribution in [3.63, 3.8) is 0 Å². The van der Waals surface area contributed by atoms with Crippen LogP contribution in [0.15, 0.2) is 24.3 Å². The molecule has 0 radical (unpaired) electrons. The Labute approximate surface area is 581 Å². The number of carbonyl (C=O) groups is 1. The number of amides is 1. The molecular formula is C77H145NO18. The lowest BCUT2D eigenvalue weighted by Gasteiger charge is -2.48. The number of nitrogens with one attached hydrogen (secondary N) is 1. The van der Waals surface area contributed by atoms with E-state index in [4.69, 9.17) is 28.4 Å². The summed E-state index contributed by atoms with van der Waals surface area (Å²) < 4.78 is 34.4. The van der Waals surface area contributed by atoms with Crippen molar-refractivity contribution in [2.24, 2.45) is 0 Å². The van der Waals surface area contributed by atoms with Crippen LogP contribution >= 0.6 is 0 Å². The third-order valence-corrected chi connectivity index (χ3v) is 20.0. The molecule has 3 fully saturated rings. The normalized spacial score (nSPS) is 27.1. The highest BCUT2D eigenvalue weighted by Gasteiger charge is 2.53. The van der Waals surface area contributed by atoms with Gasteiger partial charge < -0.3 is 89.9 Å². The van der Waals surface area contributed by atoms with Crippen LogP contribution < -0.4 is 5.32 Å². The number of aliphatic hydroxyl groups is 11. The van der Waals surface area contributed by atoms with Crippen LogP contribution in [0.5, 0.6) is 0 Å². The van der Waals surface area contributed by atoms with Crippen molar-refractivity contribution in [3.05, 3.63) is 24.3 Å². The summed E-state index contributed by atoms with van der Waals surface area (Å²) in [6.07, 6.45) is 43.3. The molecule has 3 heterocycles. The minimum atomic E-state index is -1.98. The summed E-state index contributed by atoms with van der Waals surface area (Å²) >= 11 is 0. The second kappa shape index (κ2) is 58.7. The topological polar surface area (TPSA) is 307 Å². The highest BCUT2D eigenvalue weighted by atomic mass is 16.8. The Morgan fingerprint density at radius 2 is 0.667 bits per heavy atom. The maximum absolute atomic E-state index is 13.4. The van der Waals surface area contributed by atoms with Gasteiger partial charge in [0.1, 0.15) is 73.2 Å². The molecule has 3 rings (SSSR count). The number of rotatable bonds is 63. The van der Waals surface area contributed by atoms with E-state index >= 15 is 0 Å². The van der Waals surface area contributed by atoms with Gasteiger partial charge in [-0.1, -0.05) is 314 Å². The van der Waals surface area contributed by atoms with Crippen LogP contribution in [0.25, 0.3) is 0 Å². The zero-order chi connectivity index (χ0) is 69.6. The van der Waals surface area contributed by atoms with E-state index in [-0.39, 0.29) is 18.9 Å². The van der Waals surface area contributed by atoms with Gasteiger partial charge in [0.05, 0.1) is 38.6 Å². The van der Waals surface area contributed by atoms with Crippen molar-refractivity contribution >= 4 is 5.91 Å². The Kier molecular flexibility index (Phi) is 54.1. The summed E-state index contributed by atoms with van der Waals surface area (Å²) in [5.41, 5.74) is 0. The molecule has 0 bridgehead atoms. The molecule has 0 aromatic rings. The summed E-state index contributed by atoms with van der Waals surface area (Å²) in [4.78, 5) is 13.4. The molecule has 19 heteroatoms. The SMILES string of the molecule is CCCCCCCCCCCCCC/C=C/CC/C=C/C(O)C(COC1OC(CO)C(OC2OC(CO)C(OC3OC(CO)C(O)C(O)C3O)C(O)C2O)C(O)C1O)NC(=O)CCCCCCCCCCCCCCCCCCCCCCCCCCCCCCCCCCC. The smallest absolute Gasteiger partial charge is 0.220 e. The van der Waals surface area contributed by atoms with Crippen LogP contribution in [-0.2, 0) is 33.2 Å². The molecule has 12 N–H and O–H groups in total. The van der Waals surface area contributed by atoms with Gasteiger partial charge in [-0.05, 0) is 32.1 Å². The van der Waals surface area contributed by atoms with Gasteiger partial charge in [-0.3, -0.25) is 4.79 Å². The molecule has 566 valence electrons. The van der Waals surface area contributed by atoms with E-state index in [1.807, 2.05) is 6.08 Å². The first-order valence-electron chi connectivity index (χ1n) is 39.6. The van der Waals surface area contributed by atoms with Gasteiger partial charge in [-0.15, -0.1) is 0 Å². The predicted octanol–water partition coefficient (Wildman–Crippen LogP) is 12.6. The van der Waals surface area contributed by atoms with Gasteiger partial charge in [0.2, 0.25) is 5.91 Å². The number of hydrogen-bond donors (Lipinski definition) is 12. The van der Waals surface area contributed by atoms with Crippen molar-refractivity contribution in [2.45, 2.75) is 433 Å². The Morgan fingerprint density at radius 1 is 0.365 bits per heavy atom.